The Morgan fingerprint density at radius 2 is 1.57 bits per heavy atom. The molecule has 0 radical (unpaired) electrons. The summed E-state index contributed by atoms with van der Waals surface area (Å²) < 4.78 is 12.9. The van der Waals surface area contributed by atoms with E-state index in [-0.39, 0.29) is 28.6 Å². The molecular formula is C21H26FN3O2S. The highest BCUT2D eigenvalue weighted by atomic mass is 32.2. The van der Waals surface area contributed by atoms with Gasteiger partial charge in [-0.15, -0.1) is 11.8 Å². The van der Waals surface area contributed by atoms with Crippen molar-refractivity contribution in [3.8, 4) is 0 Å². The quantitative estimate of drug-likeness (QED) is 0.671. The summed E-state index contributed by atoms with van der Waals surface area (Å²) in [5, 5.41) is 5.17. The maximum Gasteiger partial charge on any atom is 0.237 e. The van der Waals surface area contributed by atoms with Gasteiger partial charge in [0.05, 0.1) is 11.0 Å². The van der Waals surface area contributed by atoms with Crippen LogP contribution in [-0.2, 0) is 16.0 Å². The number of nitrogens with one attached hydrogen (secondary N) is 2. The Morgan fingerprint density at radius 3 is 2.18 bits per heavy atom. The van der Waals surface area contributed by atoms with Crippen LogP contribution in [0.15, 0.2) is 48.5 Å². The second kappa shape index (κ2) is 10.8. The minimum atomic E-state index is -0.382. The average Bonchev–Trinajstić information content (AvgIpc) is 2.67. The van der Waals surface area contributed by atoms with Crippen molar-refractivity contribution in [3.05, 3.63) is 59.9 Å². The first-order chi connectivity index (χ1) is 13.3. The summed E-state index contributed by atoms with van der Waals surface area (Å²) in [7, 11) is 4.07. The van der Waals surface area contributed by atoms with Crippen LogP contribution >= 0.6 is 11.8 Å². The molecule has 0 spiro atoms. The zero-order chi connectivity index (χ0) is 20.5. The number of carbonyl (C=O) groups is 2. The zero-order valence-corrected chi connectivity index (χ0v) is 17.2. The van der Waals surface area contributed by atoms with Crippen molar-refractivity contribution in [2.75, 3.05) is 37.0 Å². The lowest BCUT2D eigenvalue weighted by molar-refractivity contribution is -0.115. The molecule has 7 heteroatoms. The molecule has 0 saturated carbocycles. The molecule has 2 amide bonds. The molecule has 0 aliphatic rings. The van der Waals surface area contributed by atoms with E-state index in [9.17, 15) is 14.0 Å². The number of thioether (sulfide) groups is 1. The first kappa shape index (κ1) is 21.9. The van der Waals surface area contributed by atoms with Crippen LogP contribution in [0.25, 0.3) is 0 Å². The molecule has 0 fully saturated rings. The highest BCUT2D eigenvalue weighted by molar-refractivity contribution is 8.01. The first-order valence-corrected chi connectivity index (χ1v) is 10.1. The Morgan fingerprint density at radius 1 is 1.00 bits per heavy atom. The smallest absolute Gasteiger partial charge is 0.237 e. The SMILES string of the molecule is CC(SCC(=O)Nc1ccc(F)cc1)C(=O)Nc1ccc(CCN(C)C)cc1. The minimum Gasteiger partial charge on any atom is -0.325 e. The number of hydrogen-bond donors (Lipinski definition) is 2. The van der Waals surface area contributed by atoms with Crippen molar-refractivity contribution in [2.45, 2.75) is 18.6 Å². The van der Waals surface area contributed by atoms with Crippen LogP contribution in [0.5, 0.6) is 0 Å². The first-order valence-electron chi connectivity index (χ1n) is 9.05. The van der Waals surface area contributed by atoms with Crippen molar-refractivity contribution < 1.29 is 14.0 Å². The fourth-order valence-electron chi connectivity index (χ4n) is 2.36. The van der Waals surface area contributed by atoms with E-state index in [1.807, 2.05) is 38.4 Å². The molecular weight excluding hydrogens is 377 g/mol. The molecule has 1 atom stereocenters. The number of likely N-dealkylation sites (N-methyl/N-ethyl adjacent to an activating group) is 1. The third-order valence-electron chi connectivity index (χ3n) is 4.03. The normalized spacial score (nSPS) is 11.9. The number of rotatable bonds is 9. The van der Waals surface area contributed by atoms with Crippen LogP contribution in [0.1, 0.15) is 12.5 Å². The van der Waals surface area contributed by atoms with Crippen molar-refractivity contribution in [1.82, 2.24) is 4.90 Å². The molecule has 0 heterocycles. The Kier molecular flexibility index (Phi) is 8.47. The number of carbonyl (C=O) groups excluding carboxylic acids is 2. The molecule has 0 aliphatic carbocycles. The number of benzene rings is 2. The van der Waals surface area contributed by atoms with Gasteiger partial charge in [-0.2, -0.15) is 0 Å². The predicted octanol–water partition coefficient (Wildman–Crippen LogP) is 3.63. The molecule has 150 valence electrons. The lowest BCUT2D eigenvalue weighted by Crippen LogP contribution is -2.25. The standard InChI is InChI=1S/C21H26FN3O2S/c1-15(28-14-20(26)23-18-10-6-17(22)7-11-18)21(27)24-19-8-4-16(5-9-19)12-13-25(2)3/h4-11,15H,12-14H2,1-3H3,(H,23,26)(H,24,27). The van der Waals surface area contributed by atoms with Gasteiger partial charge in [0.25, 0.3) is 0 Å². The predicted molar refractivity (Wildman–Crippen MR) is 114 cm³/mol. The van der Waals surface area contributed by atoms with Gasteiger partial charge in [0.1, 0.15) is 5.82 Å². The van der Waals surface area contributed by atoms with E-state index in [0.717, 1.165) is 18.7 Å². The highest BCUT2D eigenvalue weighted by Crippen LogP contribution is 2.16. The molecule has 2 N–H and O–H groups in total. The van der Waals surface area contributed by atoms with Crippen molar-refractivity contribution in [3.63, 3.8) is 0 Å². The lowest BCUT2D eigenvalue weighted by Gasteiger charge is -2.13. The summed E-state index contributed by atoms with van der Waals surface area (Å²) in [6.07, 6.45) is 0.955. The lowest BCUT2D eigenvalue weighted by atomic mass is 10.1. The van der Waals surface area contributed by atoms with E-state index in [1.165, 1.54) is 41.6 Å². The third-order valence-corrected chi connectivity index (χ3v) is 5.17. The number of nitrogens with zero attached hydrogens (tertiary/aromatic N) is 1. The van der Waals surface area contributed by atoms with Gasteiger partial charge in [-0.25, -0.2) is 4.39 Å². The summed E-state index contributed by atoms with van der Waals surface area (Å²) >= 11 is 1.25. The maximum atomic E-state index is 12.9. The summed E-state index contributed by atoms with van der Waals surface area (Å²) in [6, 6.07) is 13.4. The summed E-state index contributed by atoms with van der Waals surface area (Å²) in [6.45, 7) is 2.73. The second-order valence-corrected chi connectivity index (χ2v) is 8.08. The van der Waals surface area contributed by atoms with Gasteiger partial charge >= 0.3 is 0 Å². The summed E-state index contributed by atoms with van der Waals surface area (Å²) in [5.41, 5.74) is 2.48. The molecule has 5 nitrogen and oxygen atoms in total. The van der Waals surface area contributed by atoms with Crippen molar-refractivity contribution in [1.29, 1.82) is 0 Å². The minimum absolute atomic E-state index is 0.134. The van der Waals surface area contributed by atoms with E-state index in [2.05, 4.69) is 15.5 Å². The van der Waals surface area contributed by atoms with Crippen molar-refractivity contribution >= 4 is 35.0 Å². The van der Waals surface area contributed by atoms with Gasteiger partial charge in [0.2, 0.25) is 11.8 Å². The molecule has 0 aromatic heterocycles. The number of anilines is 2. The van der Waals surface area contributed by atoms with Crippen LogP contribution < -0.4 is 10.6 Å². The number of halogens is 1. The number of hydrogen-bond acceptors (Lipinski definition) is 4. The topological polar surface area (TPSA) is 61.4 Å². The third kappa shape index (κ3) is 7.70. The zero-order valence-electron chi connectivity index (χ0n) is 16.4. The van der Waals surface area contributed by atoms with Crippen LogP contribution in [0.2, 0.25) is 0 Å². The Bertz CT molecular complexity index is 779. The maximum absolute atomic E-state index is 12.9. The summed E-state index contributed by atoms with van der Waals surface area (Å²) in [5.74, 6) is -0.611. The molecule has 2 rings (SSSR count). The molecule has 2 aromatic carbocycles. The highest BCUT2D eigenvalue weighted by Gasteiger charge is 2.15. The Balaban J connectivity index is 1.75. The van der Waals surface area contributed by atoms with E-state index in [4.69, 9.17) is 0 Å². The average molecular weight is 404 g/mol. The van der Waals surface area contributed by atoms with Gasteiger partial charge in [-0.1, -0.05) is 12.1 Å². The fraction of sp³-hybridized carbons (Fsp3) is 0.333. The van der Waals surface area contributed by atoms with Gasteiger partial charge in [0.15, 0.2) is 0 Å². The van der Waals surface area contributed by atoms with Crippen LogP contribution in [0, 0.1) is 5.82 Å². The van der Waals surface area contributed by atoms with Crippen molar-refractivity contribution in [2.24, 2.45) is 0 Å². The molecule has 2 aromatic rings. The largest absolute Gasteiger partial charge is 0.325 e. The Labute approximate surface area is 169 Å². The molecule has 1 unspecified atom stereocenters. The van der Waals surface area contributed by atoms with Gasteiger partial charge < -0.3 is 15.5 Å². The molecule has 28 heavy (non-hydrogen) atoms. The molecule has 0 aliphatic heterocycles. The van der Waals surface area contributed by atoms with E-state index < -0.39 is 0 Å². The van der Waals surface area contributed by atoms with E-state index in [1.54, 1.807) is 6.92 Å². The number of amides is 2. The monoisotopic (exact) mass is 403 g/mol. The van der Waals surface area contributed by atoms with Crippen LogP contribution in [0.4, 0.5) is 15.8 Å². The van der Waals surface area contributed by atoms with Gasteiger partial charge in [-0.05, 0) is 69.4 Å². The molecule has 0 bridgehead atoms. The van der Waals surface area contributed by atoms with Crippen LogP contribution in [0.3, 0.4) is 0 Å². The van der Waals surface area contributed by atoms with Crippen LogP contribution in [-0.4, -0.2) is 48.4 Å². The summed E-state index contributed by atoms with van der Waals surface area (Å²) in [4.78, 5) is 26.4. The van der Waals surface area contributed by atoms with E-state index >= 15 is 0 Å². The van der Waals surface area contributed by atoms with Gasteiger partial charge in [-0.3, -0.25) is 9.59 Å². The van der Waals surface area contributed by atoms with Gasteiger partial charge in [0, 0.05) is 17.9 Å². The fourth-order valence-corrected chi connectivity index (χ4v) is 3.04. The molecule has 0 saturated heterocycles. The Hall–Kier alpha value is -2.38. The van der Waals surface area contributed by atoms with E-state index in [0.29, 0.717) is 5.69 Å². The second-order valence-electron chi connectivity index (χ2n) is 6.75.